The van der Waals surface area contributed by atoms with Crippen LogP contribution < -0.4 is 0 Å². The van der Waals surface area contributed by atoms with Gasteiger partial charge >= 0.3 is 0 Å². The second-order valence-corrected chi connectivity index (χ2v) is 4.23. The monoisotopic (exact) mass is 256 g/mol. The van der Waals surface area contributed by atoms with E-state index < -0.39 is 5.79 Å². The predicted octanol–water partition coefficient (Wildman–Crippen LogP) is 3.06. The van der Waals surface area contributed by atoms with Gasteiger partial charge in [-0.3, -0.25) is 0 Å². The van der Waals surface area contributed by atoms with Gasteiger partial charge in [0.15, 0.2) is 5.79 Å². The van der Waals surface area contributed by atoms with E-state index in [1.165, 1.54) is 0 Å². The fraction of sp³-hybridized carbons (Fsp3) is 0.455. The van der Waals surface area contributed by atoms with Crippen LogP contribution in [0.2, 0.25) is 0 Å². The topological polar surface area (TPSA) is 18.5 Å². The van der Waals surface area contributed by atoms with Crippen LogP contribution in [0.5, 0.6) is 0 Å². The Hall–Kier alpha value is -0.380. The van der Waals surface area contributed by atoms with E-state index in [1.54, 1.807) is 0 Å². The summed E-state index contributed by atoms with van der Waals surface area (Å²) in [5, 5.41) is 0. The zero-order valence-corrected chi connectivity index (χ0v) is 9.71. The van der Waals surface area contributed by atoms with E-state index in [0.717, 1.165) is 16.5 Å². The van der Waals surface area contributed by atoms with Gasteiger partial charge in [0.2, 0.25) is 0 Å². The third-order valence-electron chi connectivity index (χ3n) is 2.48. The summed E-state index contributed by atoms with van der Waals surface area (Å²) in [5.74, 6) is -0.510. The van der Waals surface area contributed by atoms with Crippen LogP contribution in [-0.4, -0.2) is 13.2 Å². The molecule has 14 heavy (non-hydrogen) atoms. The minimum Gasteiger partial charge on any atom is -0.343 e. The van der Waals surface area contributed by atoms with Crippen LogP contribution in [0.15, 0.2) is 28.7 Å². The first-order valence-corrected chi connectivity index (χ1v) is 5.60. The molecule has 0 unspecified atom stereocenters. The summed E-state index contributed by atoms with van der Waals surface area (Å²) in [6, 6.07) is 8.10. The van der Waals surface area contributed by atoms with E-state index in [9.17, 15) is 0 Å². The van der Waals surface area contributed by atoms with E-state index in [-0.39, 0.29) is 0 Å². The molecule has 0 aliphatic carbocycles. The van der Waals surface area contributed by atoms with Gasteiger partial charge in [0.05, 0.1) is 13.2 Å². The Kier molecular flexibility index (Phi) is 2.91. The Morgan fingerprint density at radius 1 is 1.36 bits per heavy atom. The number of hydrogen-bond donors (Lipinski definition) is 0. The second kappa shape index (κ2) is 4.01. The van der Waals surface area contributed by atoms with Crippen molar-refractivity contribution in [2.24, 2.45) is 0 Å². The first kappa shape index (κ1) is 10.1. The van der Waals surface area contributed by atoms with Crippen molar-refractivity contribution in [3.63, 3.8) is 0 Å². The van der Waals surface area contributed by atoms with E-state index >= 15 is 0 Å². The Morgan fingerprint density at radius 3 is 2.64 bits per heavy atom. The second-order valence-electron chi connectivity index (χ2n) is 3.31. The minimum absolute atomic E-state index is 0.510. The number of hydrogen-bond acceptors (Lipinski definition) is 2. The normalized spacial score (nSPS) is 19.9. The van der Waals surface area contributed by atoms with Crippen LogP contribution in [-0.2, 0) is 15.3 Å². The maximum atomic E-state index is 5.69. The van der Waals surface area contributed by atoms with Crippen molar-refractivity contribution < 1.29 is 9.47 Å². The molecular weight excluding hydrogens is 244 g/mol. The van der Waals surface area contributed by atoms with Crippen molar-refractivity contribution >= 4 is 15.9 Å². The van der Waals surface area contributed by atoms with E-state index in [0.29, 0.717) is 13.2 Å². The average molecular weight is 257 g/mol. The highest BCUT2D eigenvalue weighted by molar-refractivity contribution is 9.10. The molecule has 0 saturated carbocycles. The van der Waals surface area contributed by atoms with Crippen LogP contribution in [0.4, 0.5) is 0 Å². The van der Waals surface area contributed by atoms with Crippen LogP contribution in [0.1, 0.15) is 18.9 Å². The highest BCUT2D eigenvalue weighted by atomic mass is 79.9. The molecule has 1 aromatic carbocycles. The molecule has 76 valence electrons. The van der Waals surface area contributed by atoms with Crippen molar-refractivity contribution in [2.45, 2.75) is 19.1 Å². The first-order chi connectivity index (χ1) is 6.77. The zero-order chi connectivity index (χ0) is 10.0. The van der Waals surface area contributed by atoms with Gasteiger partial charge in [0.25, 0.3) is 0 Å². The van der Waals surface area contributed by atoms with Crippen molar-refractivity contribution in [3.05, 3.63) is 34.3 Å². The van der Waals surface area contributed by atoms with E-state index in [2.05, 4.69) is 28.9 Å². The van der Waals surface area contributed by atoms with E-state index in [1.807, 2.05) is 18.2 Å². The molecule has 0 bridgehead atoms. The summed E-state index contributed by atoms with van der Waals surface area (Å²) in [4.78, 5) is 0. The highest BCUT2D eigenvalue weighted by Crippen LogP contribution is 2.35. The lowest BCUT2D eigenvalue weighted by Gasteiger charge is -2.26. The minimum atomic E-state index is -0.510. The van der Waals surface area contributed by atoms with Gasteiger partial charge in [-0.05, 0) is 12.1 Å². The standard InChI is InChI=1S/C11H13BrO2/c1-2-11(13-6-7-14-11)9-4-3-5-10(12)8-9/h3-5,8H,2,6-7H2,1H3. The Bertz CT molecular complexity index is 319. The van der Waals surface area contributed by atoms with Crippen molar-refractivity contribution in [1.82, 2.24) is 0 Å². The molecule has 0 N–H and O–H groups in total. The van der Waals surface area contributed by atoms with Crippen molar-refractivity contribution in [2.75, 3.05) is 13.2 Å². The maximum absolute atomic E-state index is 5.69. The summed E-state index contributed by atoms with van der Waals surface area (Å²) in [5.41, 5.74) is 1.09. The lowest BCUT2D eigenvalue weighted by molar-refractivity contribution is -0.167. The lowest BCUT2D eigenvalue weighted by Crippen LogP contribution is -2.25. The number of halogens is 1. The summed E-state index contributed by atoms with van der Waals surface area (Å²) < 4.78 is 12.4. The quantitative estimate of drug-likeness (QED) is 0.810. The SMILES string of the molecule is CCC1(c2cccc(Br)c2)OCCO1. The molecule has 1 aliphatic heterocycles. The van der Waals surface area contributed by atoms with Gasteiger partial charge < -0.3 is 9.47 Å². The molecule has 1 heterocycles. The Labute approximate surface area is 92.3 Å². The molecule has 0 radical (unpaired) electrons. The van der Waals surface area contributed by atoms with Crippen LogP contribution in [0.3, 0.4) is 0 Å². The fourth-order valence-electron chi connectivity index (χ4n) is 1.76. The lowest BCUT2D eigenvalue weighted by atomic mass is 10.0. The Morgan fingerprint density at radius 2 is 2.07 bits per heavy atom. The van der Waals surface area contributed by atoms with Gasteiger partial charge in [-0.25, -0.2) is 0 Å². The number of ether oxygens (including phenoxy) is 2. The third-order valence-corrected chi connectivity index (χ3v) is 2.98. The van der Waals surface area contributed by atoms with Gasteiger partial charge in [0, 0.05) is 16.5 Å². The Balaban J connectivity index is 2.35. The smallest absolute Gasteiger partial charge is 0.194 e. The first-order valence-electron chi connectivity index (χ1n) is 4.81. The van der Waals surface area contributed by atoms with Gasteiger partial charge in [-0.1, -0.05) is 35.0 Å². The molecule has 2 nitrogen and oxygen atoms in total. The molecule has 0 amide bonds. The summed E-state index contributed by atoms with van der Waals surface area (Å²) in [6.07, 6.45) is 0.837. The highest BCUT2D eigenvalue weighted by Gasteiger charge is 2.36. The average Bonchev–Trinajstić information content (AvgIpc) is 2.67. The summed E-state index contributed by atoms with van der Waals surface area (Å²) in [6.45, 7) is 3.44. The molecular formula is C11H13BrO2. The maximum Gasteiger partial charge on any atom is 0.194 e. The number of benzene rings is 1. The fourth-order valence-corrected chi connectivity index (χ4v) is 2.15. The molecule has 0 atom stereocenters. The van der Waals surface area contributed by atoms with E-state index in [4.69, 9.17) is 9.47 Å². The third kappa shape index (κ3) is 1.72. The molecule has 0 spiro atoms. The molecule has 1 aromatic rings. The summed E-state index contributed by atoms with van der Waals surface area (Å²) >= 11 is 3.45. The molecule has 2 rings (SSSR count). The van der Waals surface area contributed by atoms with Gasteiger partial charge in [-0.15, -0.1) is 0 Å². The molecule has 1 aliphatic rings. The van der Waals surface area contributed by atoms with Crippen molar-refractivity contribution in [1.29, 1.82) is 0 Å². The number of rotatable bonds is 2. The van der Waals surface area contributed by atoms with Crippen LogP contribution in [0, 0.1) is 0 Å². The van der Waals surface area contributed by atoms with Crippen LogP contribution in [0.25, 0.3) is 0 Å². The molecule has 3 heteroatoms. The largest absolute Gasteiger partial charge is 0.343 e. The molecule has 1 saturated heterocycles. The van der Waals surface area contributed by atoms with Crippen LogP contribution >= 0.6 is 15.9 Å². The predicted molar refractivity (Wildman–Crippen MR) is 58.0 cm³/mol. The molecule has 1 fully saturated rings. The van der Waals surface area contributed by atoms with Gasteiger partial charge in [0.1, 0.15) is 0 Å². The molecule has 0 aromatic heterocycles. The van der Waals surface area contributed by atoms with Gasteiger partial charge in [-0.2, -0.15) is 0 Å². The zero-order valence-electron chi connectivity index (χ0n) is 8.13. The van der Waals surface area contributed by atoms with Crippen molar-refractivity contribution in [3.8, 4) is 0 Å². The summed E-state index contributed by atoms with van der Waals surface area (Å²) in [7, 11) is 0.